The van der Waals surface area contributed by atoms with Gasteiger partial charge in [0.15, 0.2) is 5.78 Å². The molecule has 98 valence electrons. The van der Waals surface area contributed by atoms with Gasteiger partial charge in [-0.2, -0.15) is 0 Å². The highest BCUT2D eigenvalue weighted by molar-refractivity contribution is 6.02. The van der Waals surface area contributed by atoms with Crippen molar-refractivity contribution in [3.8, 4) is 5.75 Å². The molecule has 0 bridgehead atoms. The summed E-state index contributed by atoms with van der Waals surface area (Å²) >= 11 is 0. The number of benzene rings is 2. The molecule has 0 aliphatic heterocycles. The van der Waals surface area contributed by atoms with Crippen molar-refractivity contribution in [2.45, 2.75) is 13.3 Å². The van der Waals surface area contributed by atoms with Crippen molar-refractivity contribution in [2.24, 2.45) is 0 Å². The van der Waals surface area contributed by atoms with Gasteiger partial charge in [-0.05, 0) is 24.6 Å². The zero-order chi connectivity index (χ0) is 13.8. The first-order valence-electron chi connectivity index (χ1n) is 6.12. The summed E-state index contributed by atoms with van der Waals surface area (Å²) in [7, 11) is 1.57. The predicted molar refractivity (Wildman–Crippen MR) is 76.6 cm³/mol. The van der Waals surface area contributed by atoms with Gasteiger partial charge in [-0.25, -0.2) is 0 Å². The highest BCUT2D eigenvalue weighted by Crippen LogP contribution is 2.21. The molecule has 0 unspecified atom stereocenters. The molecule has 0 aliphatic rings. The third kappa shape index (κ3) is 3.13. The van der Waals surface area contributed by atoms with E-state index in [1.165, 1.54) is 5.56 Å². The van der Waals surface area contributed by atoms with Gasteiger partial charge in [0.05, 0.1) is 7.11 Å². The van der Waals surface area contributed by atoms with Crippen molar-refractivity contribution in [1.82, 2.24) is 0 Å². The van der Waals surface area contributed by atoms with E-state index >= 15 is 0 Å². The number of methoxy groups -OCH3 is 1. The number of carbonyl (C=O) groups excluding carboxylic acids is 1. The molecule has 2 N–H and O–H groups in total. The van der Waals surface area contributed by atoms with Crippen LogP contribution in [0.3, 0.4) is 0 Å². The van der Waals surface area contributed by atoms with Gasteiger partial charge >= 0.3 is 0 Å². The SMILES string of the molecule is COc1ccc(C(=O)Cc2ccc(C)cc2)c(N)c1. The molecule has 0 saturated heterocycles. The lowest BCUT2D eigenvalue weighted by atomic mass is 10.0. The summed E-state index contributed by atoms with van der Waals surface area (Å²) in [5, 5.41) is 0. The first kappa shape index (κ1) is 13.1. The molecule has 2 aromatic carbocycles. The van der Waals surface area contributed by atoms with Gasteiger partial charge in [0.25, 0.3) is 0 Å². The molecule has 0 aliphatic carbocycles. The fraction of sp³-hybridized carbons (Fsp3) is 0.188. The predicted octanol–water partition coefficient (Wildman–Crippen LogP) is 3.01. The van der Waals surface area contributed by atoms with E-state index in [9.17, 15) is 4.79 Å². The molecule has 0 saturated carbocycles. The lowest BCUT2D eigenvalue weighted by Crippen LogP contribution is -2.07. The summed E-state index contributed by atoms with van der Waals surface area (Å²) in [6.07, 6.45) is 0.358. The third-order valence-electron chi connectivity index (χ3n) is 3.04. The van der Waals surface area contributed by atoms with Gasteiger partial charge in [0.1, 0.15) is 5.75 Å². The molecule has 0 radical (unpaired) electrons. The highest BCUT2D eigenvalue weighted by Gasteiger charge is 2.11. The Labute approximate surface area is 113 Å². The number of nitrogen functional groups attached to an aromatic ring is 1. The number of hydrogen-bond donors (Lipinski definition) is 1. The molecule has 0 fully saturated rings. The fourth-order valence-electron chi connectivity index (χ4n) is 1.91. The zero-order valence-corrected chi connectivity index (χ0v) is 11.1. The second-order valence-electron chi connectivity index (χ2n) is 4.54. The van der Waals surface area contributed by atoms with Gasteiger partial charge in [-0.1, -0.05) is 29.8 Å². The Morgan fingerprint density at radius 2 is 1.84 bits per heavy atom. The maximum absolute atomic E-state index is 12.2. The van der Waals surface area contributed by atoms with Crippen LogP contribution < -0.4 is 10.5 Å². The molecule has 0 spiro atoms. The van der Waals surface area contributed by atoms with E-state index in [1.54, 1.807) is 25.3 Å². The standard InChI is InChI=1S/C16H17NO2/c1-11-3-5-12(6-4-11)9-16(18)14-8-7-13(19-2)10-15(14)17/h3-8,10H,9,17H2,1-2H3. The molecule has 19 heavy (non-hydrogen) atoms. The average molecular weight is 255 g/mol. The van der Waals surface area contributed by atoms with Crippen LogP contribution in [0, 0.1) is 6.92 Å². The summed E-state index contributed by atoms with van der Waals surface area (Å²) in [4.78, 5) is 12.2. The topological polar surface area (TPSA) is 52.3 Å². The van der Waals surface area contributed by atoms with Crippen LogP contribution >= 0.6 is 0 Å². The van der Waals surface area contributed by atoms with Gasteiger partial charge in [0, 0.05) is 23.7 Å². The maximum atomic E-state index is 12.2. The van der Waals surface area contributed by atoms with Crippen LogP contribution in [0.5, 0.6) is 5.75 Å². The first-order chi connectivity index (χ1) is 9.10. The molecule has 0 heterocycles. The molecule has 0 atom stereocenters. The molecular weight excluding hydrogens is 238 g/mol. The molecule has 2 rings (SSSR count). The van der Waals surface area contributed by atoms with Gasteiger partial charge in [-0.15, -0.1) is 0 Å². The van der Waals surface area contributed by atoms with E-state index in [4.69, 9.17) is 10.5 Å². The first-order valence-corrected chi connectivity index (χ1v) is 6.12. The molecule has 2 aromatic rings. The number of hydrogen-bond acceptors (Lipinski definition) is 3. The molecule has 3 nitrogen and oxygen atoms in total. The van der Waals surface area contributed by atoms with Gasteiger partial charge in [0.2, 0.25) is 0 Å². The van der Waals surface area contributed by atoms with Crippen molar-refractivity contribution in [2.75, 3.05) is 12.8 Å². The second-order valence-corrected chi connectivity index (χ2v) is 4.54. The maximum Gasteiger partial charge on any atom is 0.169 e. The Hall–Kier alpha value is -2.29. The number of aryl methyl sites for hydroxylation is 1. The van der Waals surface area contributed by atoms with Crippen LogP contribution in [-0.4, -0.2) is 12.9 Å². The largest absolute Gasteiger partial charge is 0.497 e. The Morgan fingerprint density at radius 3 is 2.42 bits per heavy atom. The quantitative estimate of drug-likeness (QED) is 0.675. The van der Waals surface area contributed by atoms with Gasteiger partial charge < -0.3 is 10.5 Å². The molecule has 0 aromatic heterocycles. The number of rotatable bonds is 4. The summed E-state index contributed by atoms with van der Waals surface area (Å²) in [6, 6.07) is 13.1. The van der Waals surface area contributed by atoms with Crippen LogP contribution in [0.15, 0.2) is 42.5 Å². The Morgan fingerprint density at radius 1 is 1.16 bits per heavy atom. The van der Waals surface area contributed by atoms with Gasteiger partial charge in [-0.3, -0.25) is 4.79 Å². The van der Waals surface area contributed by atoms with E-state index < -0.39 is 0 Å². The lowest BCUT2D eigenvalue weighted by molar-refractivity contribution is 0.0994. The minimum atomic E-state index is 0.0176. The van der Waals surface area contributed by atoms with E-state index in [2.05, 4.69) is 0 Å². The van der Waals surface area contributed by atoms with Crippen LogP contribution in [0.2, 0.25) is 0 Å². The molecular formula is C16H17NO2. The Kier molecular flexibility index (Phi) is 3.85. The van der Waals surface area contributed by atoms with Crippen LogP contribution in [0.4, 0.5) is 5.69 Å². The number of carbonyl (C=O) groups is 1. The number of anilines is 1. The third-order valence-corrected chi connectivity index (χ3v) is 3.04. The van der Waals surface area contributed by atoms with E-state index in [-0.39, 0.29) is 5.78 Å². The lowest BCUT2D eigenvalue weighted by Gasteiger charge is -2.07. The van der Waals surface area contributed by atoms with E-state index in [1.807, 2.05) is 31.2 Å². The van der Waals surface area contributed by atoms with Crippen molar-refractivity contribution in [3.05, 3.63) is 59.2 Å². The second kappa shape index (κ2) is 5.57. The monoisotopic (exact) mass is 255 g/mol. The molecule has 3 heteroatoms. The summed E-state index contributed by atoms with van der Waals surface area (Å²) in [6.45, 7) is 2.02. The van der Waals surface area contributed by atoms with Crippen molar-refractivity contribution in [1.29, 1.82) is 0 Å². The highest BCUT2D eigenvalue weighted by atomic mass is 16.5. The minimum absolute atomic E-state index is 0.0176. The normalized spacial score (nSPS) is 10.2. The van der Waals surface area contributed by atoms with Crippen LogP contribution in [0.1, 0.15) is 21.5 Å². The Balaban J connectivity index is 2.18. The fourth-order valence-corrected chi connectivity index (χ4v) is 1.91. The summed E-state index contributed by atoms with van der Waals surface area (Å²) in [5.41, 5.74) is 9.04. The summed E-state index contributed by atoms with van der Waals surface area (Å²) in [5.74, 6) is 0.674. The van der Waals surface area contributed by atoms with E-state index in [0.29, 0.717) is 23.4 Å². The van der Waals surface area contributed by atoms with Crippen molar-refractivity contribution in [3.63, 3.8) is 0 Å². The van der Waals surface area contributed by atoms with Crippen molar-refractivity contribution < 1.29 is 9.53 Å². The number of nitrogens with two attached hydrogens (primary N) is 1. The number of ketones is 1. The van der Waals surface area contributed by atoms with E-state index in [0.717, 1.165) is 5.56 Å². The van der Waals surface area contributed by atoms with Crippen LogP contribution in [-0.2, 0) is 6.42 Å². The zero-order valence-electron chi connectivity index (χ0n) is 11.1. The number of ether oxygens (including phenoxy) is 1. The summed E-state index contributed by atoms with van der Waals surface area (Å²) < 4.78 is 5.07. The number of Topliss-reactive ketones (excluding diaryl/α,β-unsaturated/α-hetero) is 1. The van der Waals surface area contributed by atoms with Crippen LogP contribution in [0.25, 0.3) is 0 Å². The Bertz CT molecular complexity index is 588. The van der Waals surface area contributed by atoms with Crippen molar-refractivity contribution >= 4 is 11.5 Å². The minimum Gasteiger partial charge on any atom is -0.497 e. The smallest absolute Gasteiger partial charge is 0.169 e. The molecule has 0 amide bonds. The average Bonchev–Trinajstić information content (AvgIpc) is 2.41.